The zero-order chi connectivity index (χ0) is 13.8. The molecule has 0 spiro atoms. The molecule has 1 fully saturated rings. The molecule has 2 atom stereocenters. The number of methoxy groups -OCH3 is 1. The lowest BCUT2D eigenvalue weighted by molar-refractivity contribution is 0.0606. The summed E-state index contributed by atoms with van der Waals surface area (Å²) in [5.41, 5.74) is 6.47. The molecule has 0 bridgehead atoms. The van der Waals surface area contributed by atoms with E-state index in [2.05, 4.69) is 5.32 Å². The van der Waals surface area contributed by atoms with Crippen molar-refractivity contribution in [1.29, 1.82) is 0 Å². The molecule has 1 amide bonds. The van der Waals surface area contributed by atoms with E-state index in [9.17, 15) is 4.79 Å². The molecule has 2 rings (SSSR count). The number of rotatable bonds is 4. The number of hydrogen-bond donors (Lipinski definition) is 2. The summed E-state index contributed by atoms with van der Waals surface area (Å²) < 4.78 is 5.50. The highest BCUT2D eigenvalue weighted by atomic mass is 35.5. The summed E-state index contributed by atoms with van der Waals surface area (Å²) in [6.45, 7) is 0. The minimum atomic E-state index is -0.510. The lowest BCUT2D eigenvalue weighted by Gasteiger charge is -2.31. The summed E-state index contributed by atoms with van der Waals surface area (Å²) in [5, 5.41) is 3.80. The summed E-state index contributed by atoms with van der Waals surface area (Å²) in [6, 6.07) is 5.50. The van der Waals surface area contributed by atoms with E-state index in [0.717, 1.165) is 18.5 Å². The Balaban J connectivity index is 2.10. The number of carbonyl (C=O) groups is 1. The topological polar surface area (TPSA) is 64.3 Å². The smallest absolute Gasteiger partial charge is 0.250 e. The van der Waals surface area contributed by atoms with Crippen molar-refractivity contribution in [3.05, 3.63) is 28.8 Å². The van der Waals surface area contributed by atoms with Gasteiger partial charge in [0.2, 0.25) is 5.91 Å². The van der Waals surface area contributed by atoms with Gasteiger partial charge in [-0.25, -0.2) is 0 Å². The maximum atomic E-state index is 11.1. The number of nitrogens with two attached hydrogens (primary N) is 1. The molecule has 0 saturated heterocycles. The van der Waals surface area contributed by atoms with Gasteiger partial charge in [-0.3, -0.25) is 4.79 Å². The van der Waals surface area contributed by atoms with Gasteiger partial charge in [0.25, 0.3) is 0 Å². The molecule has 19 heavy (non-hydrogen) atoms. The monoisotopic (exact) mass is 282 g/mol. The molecule has 1 aliphatic rings. The molecule has 1 saturated carbocycles. The van der Waals surface area contributed by atoms with E-state index in [1.54, 1.807) is 19.2 Å². The van der Waals surface area contributed by atoms with Crippen LogP contribution in [0.5, 0.6) is 0 Å². The largest absolute Gasteiger partial charge is 0.380 e. The average molecular weight is 283 g/mol. The lowest BCUT2D eigenvalue weighted by Crippen LogP contribution is -2.37. The Labute approximate surface area is 118 Å². The summed E-state index contributed by atoms with van der Waals surface area (Å²) in [4.78, 5) is 11.1. The van der Waals surface area contributed by atoms with Crippen molar-refractivity contribution >= 4 is 23.2 Å². The average Bonchev–Trinajstić information content (AvgIpc) is 2.39. The van der Waals surface area contributed by atoms with Crippen molar-refractivity contribution in [3.8, 4) is 0 Å². The molecule has 0 heterocycles. The SMILES string of the molecule is COC1CCCCC1Nc1ccc(C(N)=O)c(Cl)c1. The number of amides is 1. The summed E-state index contributed by atoms with van der Waals surface area (Å²) in [7, 11) is 1.74. The molecule has 3 N–H and O–H groups in total. The molecule has 5 heteroatoms. The number of carbonyl (C=O) groups excluding carboxylic acids is 1. The third kappa shape index (κ3) is 3.39. The van der Waals surface area contributed by atoms with E-state index in [1.807, 2.05) is 6.07 Å². The van der Waals surface area contributed by atoms with E-state index >= 15 is 0 Å². The first-order valence-corrected chi connectivity index (χ1v) is 6.88. The van der Waals surface area contributed by atoms with Crippen molar-refractivity contribution < 1.29 is 9.53 Å². The van der Waals surface area contributed by atoms with Gasteiger partial charge >= 0.3 is 0 Å². The second-order valence-corrected chi connectivity index (χ2v) is 5.28. The van der Waals surface area contributed by atoms with Crippen LogP contribution in [0.25, 0.3) is 0 Å². The van der Waals surface area contributed by atoms with Gasteiger partial charge in [-0.2, -0.15) is 0 Å². The first-order chi connectivity index (χ1) is 9.11. The van der Waals surface area contributed by atoms with E-state index < -0.39 is 5.91 Å². The van der Waals surface area contributed by atoms with Gasteiger partial charge in [-0.05, 0) is 31.0 Å². The number of primary amides is 1. The first kappa shape index (κ1) is 14.2. The van der Waals surface area contributed by atoms with Crippen LogP contribution in [0.1, 0.15) is 36.0 Å². The van der Waals surface area contributed by atoms with Crippen molar-refractivity contribution in [3.63, 3.8) is 0 Å². The van der Waals surface area contributed by atoms with Crippen LogP contribution in [0.3, 0.4) is 0 Å². The maximum absolute atomic E-state index is 11.1. The molecule has 0 aliphatic heterocycles. The zero-order valence-corrected chi connectivity index (χ0v) is 11.7. The third-order valence-electron chi connectivity index (χ3n) is 3.59. The Morgan fingerprint density at radius 3 is 2.79 bits per heavy atom. The fourth-order valence-corrected chi connectivity index (χ4v) is 2.84. The van der Waals surface area contributed by atoms with Crippen molar-refractivity contribution in [1.82, 2.24) is 0 Å². The summed E-state index contributed by atoms with van der Waals surface area (Å²) in [5.74, 6) is -0.510. The quantitative estimate of drug-likeness (QED) is 0.892. The van der Waals surface area contributed by atoms with Crippen molar-refractivity contribution in [2.75, 3.05) is 12.4 Å². The van der Waals surface area contributed by atoms with E-state index in [-0.39, 0.29) is 12.1 Å². The van der Waals surface area contributed by atoms with Crippen LogP contribution in [0.15, 0.2) is 18.2 Å². The van der Waals surface area contributed by atoms with Gasteiger partial charge in [0.15, 0.2) is 0 Å². The van der Waals surface area contributed by atoms with Gasteiger partial charge in [-0.1, -0.05) is 24.4 Å². The van der Waals surface area contributed by atoms with E-state index in [4.69, 9.17) is 22.1 Å². The molecule has 1 aromatic carbocycles. The van der Waals surface area contributed by atoms with E-state index in [1.165, 1.54) is 12.8 Å². The number of halogens is 1. The summed E-state index contributed by atoms with van der Waals surface area (Å²) in [6.07, 6.45) is 4.78. The Hall–Kier alpha value is -1.26. The fraction of sp³-hybridized carbons (Fsp3) is 0.500. The predicted octanol–water partition coefficient (Wildman–Crippen LogP) is 2.81. The number of hydrogen-bond acceptors (Lipinski definition) is 3. The standard InChI is InChI=1S/C14H19ClN2O2/c1-19-13-5-3-2-4-12(13)17-9-6-7-10(14(16)18)11(15)8-9/h6-8,12-13,17H,2-5H2,1H3,(H2,16,18). The van der Waals surface area contributed by atoms with Gasteiger partial charge in [-0.15, -0.1) is 0 Å². The molecular weight excluding hydrogens is 264 g/mol. The molecule has 104 valence electrons. The van der Waals surface area contributed by atoms with Gasteiger partial charge < -0.3 is 15.8 Å². The maximum Gasteiger partial charge on any atom is 0.250 e. The number of benzene rings is 1. The van der Waals surface area contributed by atoms with Crippen LogP contribution < -0.4 is 11.1 Å². The van der Waals surface area contributed by atoms with Crippen molar-refractivity contribution in [2.45, 2.75) is 37.8 Å². The molecule has 0 radical (unpaired) electrons. The van der Waals surface area contributed by atoms with Gasteiger partial charge in [0, 0.05) is 12.8 Å². The second kappa shape index (κ2) is 6.26. The van der Waals surface area contributed by atoms with Gasteiger partial charge in [0.05, 0.1) is 22.7 Å². The predicted molar refractivity (Wildman–Crippen MR) is 76.6 cm³/mol. The third-order valence-corrected chi connectivity index (χ3v) is 3.90. The minimum absolute atomic E-state index is 0.225. The first-order valence-electron chi connectivity index (χ1n) is 6.50. The van der Waals surface area contributed by atoms with Crippen LogP contribution in [0.4, 0.5) is 5.69 Å². The van der Waals surface area contributed by atoms with Crippen LogP contribution >= 0.6 is 11.6 Å². The molecule has 4 nitrogen and oxygen atoms in total. The lowest BCUT2D eigenvalue weighted by atomic mass is 9.92. The number of nitrogens with one attached hydrogen (secondary N) is 1. The van der Waals surface area contributed by atoms with Crippen molar-refractivity contribution in [2.24, 2.45) is 5.73 Å². The molecule has 1 aliphatic carbocycles. The highest BCUT2D eigenvalue weighted by Gasteiger charge is 2.24. The zero-order valence-electron chi connectivity index (χ0n) is 11.0. The van der Waals surface area contributed by atoms with Crippen LogP contribution in [-0.2, 0) is 4.74 Å². The number of anilines is 1. The normalized spacial score (nSPS) is 23.1. The molecular formula is C14H19ClN2O2. The van der Waals surface area contributed by atoms with E-state index in [0.29, 0.717) is 10.6 Å². The molecule has 1 aromatic rings. The van der Waals surface area contributed by atoms with Gasteiger partial charge in [0.1, 0.15) is 0 Å². The Bertz CT molecular complexity index is 465. The summed E-state index contributed by atoms with van der Waals surface area (Å²) >= 11 is 6.04. The minimum Gasteiger partial charge on any atom is -0.380 e. The second-order valence-electron chi connectivity index (χ2n) is 4.87. The molecule has 2 unspecified atom stereocenters. The van der Waals surface area contributed by atoms with Crippen LogP contribution in [0, 0.1) is 0 Å². The van der Waals surface area contributed by atoms with Crippen LogP contribution in [-0.4, -0.2) is 25.2 Å². The fourth-order valence-electron chi connectivity index (χ4n) is 2.56. The highest BCUT2D eigenvalue weighted by molar-refractivity contribution is 6.34. The number of ether oxygens (including phenoxy) is 1. The Kier molecular flexibility index (Phi) is 4.66. The Morgan fingerprint density at radius 1 is 1.42 bits per heavy atom. The van der Waals surface area contributed by atoms with Crippen LogP contribution in [0.2, 0.25) is 5.02 Å². The Morgan fingerprint density at radius 2 is 2.16 bits per heavy atom. The highest BCUT2D eigenvalue weighted by Crippen LogP contribution is 2.26. The molecule has 0 aromatic heterocycles.